The summed E-state index contributed by atoms with van der Waals surface area (Å²) < 4.78 is 1.60. The monoisotopic (exact) mass is 306 g/mol. The van der Waals surface area contributed by atoms with Crippen molar-refractivity contribution >= 4 is 29.1 Å². The summed E-state index contributed by atoms with van der Waals surface area (Å²) in [6.07, 6.45) is 6.97. The number of aromatic nitrogens is 4. The number of halogens is 1. The zero-order valence-electron chi connectivity index (χ0n) is 11.6. The van der Waals surface area contributed by atoms with Gasteiger partial charge in [0.05, 0.1) is 23.1 Å². The van der Waals surface area contributed by atoms with Gasteiger partial charge >= 0.3 is 0 Å². The Hall–Kier alpha value is -2.15. The highest BCUT2D eigenvalue weighted by atomic mass is 35.5. The lowest BCUT2D eigenvalue weighted by Gasteiger charge is -2.15. The number of carbonyl (C=O) groups is 1. The molecule has 0 spiro atoms. The lowest BCUT2D eigenvalue weighted by molar-refractivity contribution is 0.102. The Morgan fingerprint density at radius 1 is 1.33 bits per heavy atom. The molecule has 0 atom stereocenters. The van der Waals surface area contributed by atoms with Crippen LogP contribution in [-0.4, -0.2) is 38.7 Å². The maximum atomic E-state index is 12.3. The van der Waals surface area contributed by atoms with Gasteiger partial charge < -0.3 is 10.2 Å². The maximum absolute atomic E-state index is 12.3. The molecule has 2 aromatic heterocycles. The number of hydrogen-bond acceptors (Lipinski definition) is 5. The fourth-order valence-electron chi connectivity index (χ4n) is 2.26. The molecule has 1 N–H and O–H groups in total. The smallest absolute Gasteiger partial charge is 0.276 e. The molecule has 1 saturated heterocycles. The van der Waals surface area contributed by atoms with Crippen molar-refractivity contribution in [2.45, 2.75) is 12.8 Å². The Labute approximate surface area is 126 Å². The van der Waals surface area contributed by atoms with Gasteiger partial charge in [-0.2, -0.15) is 5.10 Å². The minimum absolute atomic E-state index is 0.178. The highest BCUT2D eigenvalue weighted by Gasteiger charge is 2.19. The zero-order chi connectivity index (χ0) is 14.8. The molecule has 110 valence electrons. The fourth-order valence-corrected chi connectivity index (χ4v) is 2.44. The summed E-state index contributed by atoms with van der Waals surface area (Å²) in [6, 6.07) is 0. The lowest BCUT2D eigenvalue weighted by Crippen LogP contribution is -2.23. The number of amides is 1. The predicted octanol–water partition coefficient (Wildman–Crippen LogP) is 1.72. The average molecular weight is 307 g/mol. The van der Waals surface area contributed by atoms with Crippen molar-refractivity contribution in [3.8, 4) is 0 Å². The Morgan fingerprint density at radius 3 is 2.76 bits per heavy atom. The molecule has 1 amide bonds. The Morgan fingerprint density at radius 2 is 2.10 bits per heavy atom. The van der Waals surface area contributed by atoms with Crippen molar-refractivity contribution in [3.63, 3.8) is 0 Å². The van der Waals surface area contributed by atoms with Gasteiger partial charge in [0, 0.05) is 26.3 Å². The molecular formula is C13H15ClN6O. The summed E-state index contributed by atoms with van der Waals surface area (Å²) >= 11 is 6.04. The van der Waals surface area contributed by atoms with Gasteiger partial charge in [0.1, 0.15) is 0 Å². The average Bonchev–Trinajstić information content (AvgIpc) is 3.11. The van der Waals surface area contributed by atoms with E-state index in [1.165, 1.54) is 6.20 Å². The second-order valence-electron chi connectivity index (χ2n) is 4.92. The van der Waals surface area contributed by atoms with Crippen LogP contribution in [0.1, 0.15) is 23.3 Å². The van der Waals surface area contributed by atoms with Crippen LogP contribution in [0.4, 0.5) is 11.6 Å². The first-order chi connectivity index (χ1) is 10.1. The third-order valence-corrected chi connectivity index (χ3v) is 3.57. The summed E-state index contributed by atoms with van der Waals surface area (Å²) in [5, 5.41) is 6.95. The fraction of sp³-hybridized carbons (Fsp3) is 0.385. The van der Waals surface area contributed by atoms with Crippen molar-refractivity contribution in [1.29, 1.82) is 0 Å². The van der Waals surface area contributed by atoms with Crippen LogP contribution in [0.3, 0.4) is 0 Å². The zero-order valence-corrected chi connectivity index (χ0v) is 12.3. The molecule has 0 radical (unpaired) electrons. The molecule has 21 heavy (non-hydrogen) atoms. The van der Waals surface area contributed by atoms with Gasteiger partial charge in [0.15, 0.2) is 5.69 Å². The molecule has 0 bridgehead atoms. The quantitative estimate of drug-likeness (QED) is 0.934. The summed E-state index contributed by atoms with van der Waals surface area (Å²) in [7, 11) is 1.78. The summed E-state index contributed by atoms with van der Waals surface area (Å²) in [4.78, 5) is 22.8. The first kappa shape index (κ1) is 13.8. The number of nitrogens with zero attached hydrogens (tertiary/aromatic N) is 5. The van der Waals surface area contributed by atoms with E-state index in [2.05, 4.69) is 25.3 Å². The van der Waals surface area contributed by atoms with Crippen molar-refractivity contribution in [1.82, 2.24) is 19.7 Å². The van der Waals surface area contributed by atoms with E-state index in [4.69, 9.17) is 11.6 Å². The molecule has 0 unspecified atom stereocenters. The molecule has 3 rings (SSSR count). The third-order valence-electron chi connectivity index (χ3n) is 3.30. The number of hydrogen-bond donors (Lipinski definition) is 1. The Balaban J connectivity index is 1.82. The number of carbonyl (C=O) groups excluding carboxylic acids is 1. The van der Waals surface area contributed by atoms with Crippen LogP contribution in [0.2, 0.25) is 5.02 Å². The van der Waals surface area contributed by atoms with E-state index in [0.717, 1.165) is 25.9 Å². The van der Waals surface area contributed by atoms with Crippen molar-refractivity contribution in [2.24, 2.45) is 7.05 Å². The minimum Gasteiger partial charge on any atom is -0.341 e. The maximum Gasteiger partial charge on any atom is 0.276 e. The highest BCUT2D eigenvalue weighted by Crippen LogP contribution is 2.20. The SMILES string of the molecule is Cn1cc(NC(=O)c2nc(N3CCCC3)ncc2Cl)cn1. The standard InChI is InChI=1S/C13H15ClN6O/c1-19-8-9(6-16-19)17-12(21)11-10(14)7-15-13(18-11)20-4-2-3-5-20/h6-8H,2-5H2,1H3,(H,17,21). The molecule has 1 fully saturated rings. The predicted molar refractivity (Wildman–Crippen MR) is 79.7 cm³/mol. The van der Waals surface area contributed by atoms with Crippen molar-refractivity contribution < 1.29 is 4.79 Å². The topological polar surface area (TPSA) is 75.9 Å². The van der Waals surface area contributed by atoms with Crippen LogP contribution in [0.5, 0.6) is 0 Å². The van der Waals surface area contributed by atoms with Gasteiger partial charge in [-0.1, -0.05) is 11.6 Å². The molecule has 2 aromatic rings. The summed E-state index contributed by atoms with van der Waals surface area (Å²) in [6.45, 7) is 1.82. The molecule has 0 aromatic carbocycles. The Bertz CT molecular complexity index is 664. The lowest BCUT2D eigenvalue weighted by atomic mass is 10.3. The summed E-state index contributed by atoms with van der Waals surface area (Å²) in [5.41, 5.74) is 0.775. The van der Waals surface area contributed by atoms with Crippen LogP contribution in [0, 0.1) is 0 Å². The largest absolute Gasteiger partial charge is 0.341 e. The molecule has 3 heterocycles. The molecule has 0 saturated carbocycles. The van der Waals surface area contributed by atoms with E-state index < -0.39 is 0 Å². The second-order valence-corrected chi connectivity index (χ2v) is 5.32. The van der Waals surface area contributed by atoms with E-state index in [1.54, 1.807) is 24.1 Å². The van der Waals surface area contributed by atoms with E-state index in [-0.39, 0.29) is 16.6 Å². The normalized spacial score (nSPS) is 14.5. The van der Waals surface area contributed by atoms with Gasteiger partial charge in [0.2, 0.25) is 5.95 Å². The molecule has 8 heteroatoms. The summed E-state index contributed by atoms with van der Waals surface area (Å²) in [5.74, 6) is 0.184. The molecule has 0 aliphatic carbocycles. The van der Waals surface area contributed by atoms with E-state index >= 15 is 0 Å². The highest BCUT2D eigenvalue weighted by molar-refractivity contribution is 6.34. The number of aryl methyl sites for hydroxylation is 1. The van der Waals surface area contributed by atoms with Crippen molar-refractivity contribution in [2.75, 3.05) is 23.3 Å². The number of anilines is 2. The van der Waals surface area contributed by atoms with Crippen LogP contribution >= 0.6 is 11.6 Å². The van der Waals surface area contributed by atoms with Crippen LogP contribution in [-0.2, 0) is 7.05 Å². The van der Waals surface area contributed by atoms with Gasteiger partial charge in [0.25, 0.3) is 5.91 Å². The van der Waals surface area contributed by atoms with E-state index in [1.807, 2.05) is 0 Å². The Kier molecular flexibility index (Phi) is 3.74. The van der Waals surface area contributed by atoms with Gasteiger partial charge in [-0.3, -0.25) is 9.48 Å². The molecule has 1 aliphatic rings. The van der Waals surface area contributed by atoms with Crippen LogP contribution in [0.15, 0.2) is 18.6 Å². The van der Waals surface area contributed by atoms with Gasteiger partial charge in [-0.05, 0) is 12.8 Å². The van der Waals surface area contributed by atoms with Crippen LogP contribution < -0.4 is 10.2 Å². The number of rotatable bonds is 3. The third kappa shape index (κ3) is 2.97. The first-order valence-corrected chi connectivity index (χ1v) is 7.09. The minimum atomic E-state index is -0.365. The molecular weight excluding hydrogens is 292 g/mol. The van der Waals surface area contributed by atoms with Gasteiger partial charge in [-0.25, -0.2) is 9.97 Å². The van der Waals surface area contributed by atoms with Gasteiger partial charge in [-0.15, -0.1) is 0 Å². The van der Waals surface area contributed by atoms with Crippen LogP contribution in [0.25, 0.3) is 0 Å². The van der Waals surface area contributed by atoms with E-state index in [9.17, 15) is 4.79 Å². The van der Waals surface area contributed by atoms with E-state index in [0.29, 0.717) is 11.6 Å². The first-order valence-electron chi connectivity index (χ1n) is 6.71. The molecule has 1 aliphatic heterocycles. The van der Waals surface area contributed by atoms with Crippen molar-refractivity contribution in [3.05, 3.63) is 29.3 Å². The second kappa shape index (κ2) is 5.69. The number of nitrogens with one attached hydrogen (secondary N) is 1. The molecule has 7 nitrogen and oxygen atoms in total.